The number of hydrogen-bond donors (Lipinski definition) is 6. The van der Waals surface area contributed by atoms with Crippen molar-refractivity contribution in [2.45, 2.75) is 31.5 Å². The van der Waals surface area contributed by atoms with Crippen molar-refractivity contribution in [3.63, 3.8) is 0 Å². The Morgan fingerprint density at radius 3 is 2.50 bits per heavy atom. The van der Waals surface area contributed by atoms with Crippen molar-refractivity contribution in [3.05, 3.63) is 53.7 Å². The van der Waals surface area contributed by atoms with Gasteiger partial charge in [0.15, 0.2) is 16.9 Å². The van der Waals surface area contributed by atoms with Gasteiger partial charge in [0, 0.05) is 23.6 Å². The molecule has 19 heteroatoms. The van der Waals surface area contributed by atoms with E-state index >= 15 is 0 Å². The first-order valence-electron chi connectivity index (χ1n) is 13.8. The van der Waals surface area contributed by atoms with E-state index in [1.165, 1.54) is 19.2 Å². The fourth-order valence-electron chi connectivity index (χ4n) is 4.36. The molecule has 1 fully saturated rings. The molecule has 0 saturated carbocycles. The molecule has 17 nitrogen and oxygen atoms in total. The van der Waals surface area contributed by atoms with Gasteiger partial charge in [-0.25, -0.2) is 9.55 Å². The van der Waals surface area contributed by atoms with E-state index in [2.05, 4.69) is 25.1 Å². The van der Waals surface area contributed by atoms with E-state index in [4.69, 9.17) is 25.6 Å². The van der Waals surface area contributed by atoms with Crippen LogP contribution in [0.3, 0.4) is 0 Å². The van der Waals surface area contributed by atoms with Crippen molar-refractivity contribution in [3.8, 4) is 16.9 Å². The van der Waals surface area contributed by atoms with Crippen molar-refractivity contribution in [1.82, 2.24) is 15.4 Å². The molecule has 1 aliphatic rings. The maximum Gasteiger partial charge on any atom is 0.418 e. The zero-order chi connectivity index (χ0) is 33.6. The second-order valence-corrected chi connectivity index (χ2v) is 12.5. The third kappa shape index (κ3) is 8.24. The van der Waals surface area contributed by atoms with Gasteiger partial charge in [-0.05, 0) is 37.6 Å². The topological polar surface area (TPSA) is 245 Å². The molecule has 1 saturated heterocycles. The van der Waals surface area contributed by atoms with E-state index in [1.807, 2.05) is 42.1 Å². The number of nitrogens with zero attached hydrogens (tertiary/aromatic N) is 4. The Balaban J connectivity index is 1.41. The van der Waals surface area contributed by atoms with Crippen LogP contribution in [0, 0.1) is 0 Å². The van der Waals surface area contributed by atoms with Gasteiger partial charge in [0.25, 0.3) is 17.6 Å². The van der Waals surface area contributed by atoms with Crippen LogP contribution in [-0.4, -0.2) is 89.6 Å². The second kappa shape index (κ2) is 14.4. The molecule has 1 unspecified atom stereocenters. The molecule has 1 aromatic carbocycles. The monoisotopic (exact) mass is 679 g/mol. The zero-order valence-corrected chi connectivity index (χ0v) is 26.7. The number of rotatable bonds is 15. The summed E-state index contributed by atoms with van der Waals surface area (Å²) < 4.78 is 43.2. The van der Waals surface area contributed by atoms with Crippen LogP contribution in [0.25, 0.3) is 11.1 Å². The molecule has 46 heavy (non-hydrogen) atoms. The number of carbonyl (C=O) groups is 2. The van der Waals surface area contributed by atoms with Gasteiger partial charge in [0.2, 0.25) is 0 Å². The van der Waals surface area contributed by atoms with E-state index in [1.54, 1.807) is 12.1 Å². The Morgan fingerprint density at radius 2 is 1.93 bits per heavy atom. The van der Waals surface area contributed by atoms with Crippen molar-refractivity contribution in [2.24, 2.45) is 17.9 Å². The maximum absolute atomic E-state index is 13.2. The lowest BCUT2D eigenvalue weighted by molar-refractivity contribution is -0.656. The normalized spacial score (nSPS) is 16.8. The van der Waals surface area contributed by atoms with Crippen molar-refractivity contribution in [2.75, 3.05) is 37.4 Å². The van der Waals surface area contributed by atoms with Crippen molar-refractivity contribution < 1.29 is 46.1 Å². The molecule has 1 aliphatic heterocycles. The summed E-state index contributed by atoms with van der Waals surface area (Å²) in [5.41, 5.74) is 11.5. The molecule has 8 N–H and O–H groups in total. The molecular formula is C27H35N8O9S2+. The van der Waals surface area contributed by atoms with Crippen LogP contribution in [0.5, 0.6) is 5.75 Å². The van der Waals surface area contributed by atoms with E-state index in [-0.39, 0.29) is 23.1 Å². The van der Waals surface area contributed by atoms with Gasteiger partial charge in [-0.3, -0.25) is 19.5 Å². The summed E-state index contributed by atoms with van der Waals surface area (Å²) in [6.07, 6.45) is 0.976. The van der Waals surface area contributed by atoms with E-state index in [0.717, 1.165) is 28.3 Å². The van der Waals surface area contributed by atoms with Gasteiger partial charge < -0.3 is 31.5 Å². The first kappa shape index (κ1) is 34.5. The molecule has 2 atom stereocenters. The van der Waals surface area contributed by atoms with Crippen LogP contribution >= 0.6 is 11.3 Å². The standard InChI is InChI=1S/C27H34N8O9S2/c1-27(2)23(25(38)35(27)44-46(39,40)41)32-24(37)22(20-15-45-26(29)31-20)33-43-19(13-36)14-42-18-7-4-16(5-8-18)17-6-9-21(30-11-10-28)34(3)12-17/h4-9,12,15,19,23,36H,10-11,13-14,28H2,1-3H3,(H4,29,31,32,37,39,40,41)/p+1/b33-22-/t19?,23-/m1/s1. The molecule has 0 radical (unpaired) electrons. The fraction of sp³-hybridized carbons (Fsp3) is 0.370. The number of oxime groups is 1. The summed E-state index contributed by atoms with van der Waals surface area (Å²) >= 11 is 1.02. The second-order valence-electron chi connectivity index (χ2n) is 10.6. The molecule has 3 aromatic rings. The van der Waals surface area contributed by atoms with Crippen LogP contribution in [-0.2, 0) is 36.2 Å². The Morgan fingerprint density at radius 1 is 1.24 bits per heavy atom. The van der Waals surface area contributed by atoms with Gasteiger partial charge in [-0.15, -0.1) is 15.6 Å². The fourth-order valence-corrected chi connectivity index (χ4v) is 5.36. The average molecular weight is 680 g/mol. The molecule has 3 heterocycles. The highest BCUT2D eigenvalue weighted by molar-refractivity contribution is 7.80. The van der Waals surface area contributed by atoms with Gasteiger partial charge in [-0.2, -0.15) is 13.5 Å². The number of nitrogens with two attached hydrogens (primary N) is 2. The Labute approximate surface area is 268 Å². The van der Waals surface area contributed by atoms with E-state index in [0.29, 0.717) is 23.9 Å². The number of ether oxygens (including phenoxy) is 1. The van der Waals surface area contributed by atoms with Crippen molar-refractivity contribution in [1.29, 1.82) is 0 Å². The minimum atomic E-state index is -4.98. The van der Waals surface area contributed by atoms with E-state index in [9.17, 15) is 23.1 Å². The number of aliphatic hydroxyl groups excluding tert-OH is 1. The van der Waals surface area contributed by atoms with Gasteiger partial charge >= 0.3 is 10.4 Å². The SMILES string of the molecule is C[n+]1cc(-c2ccc(OCC(CO)O/N=C(\C(=O)N[C@@H]3C(=O)N(OS(=O)(=O)O)C3(C)C)c3csc(N)n3)cc2)ccc1NCCN. The number of nitrogen functional groups attached to an aromatic ring is 1. The highest BCUT2D eigenvalue weighted by Crippen LogP contribution is 2.33. The van der Waals surface area contributed by atoms with Gasteiger partial charge in [0.05, 0.1) is 31.9 Å². The zero-order valence-electron chi connectivity index (χ0n) is 25.1. The number of benzene rings is 1. The Bertz CT molecular complexity index is 1700. The number of hydroxylamine groups is 2. The molecule has 2 amide bonds. The number of aryl methyl sites for hydroxylation is 1. The predicted molar refractivity (Wildman–Crippen MR) is 167 cm³/mol. The number of aromatic nitrogens is 2. The lowest BCUT2D eigenvalue weighted by Gasteiger charge is -2.50. The van der Waals surface area contributed by atoms with Gasteiger partial charge in [-0.1, -0.05) is 17.3 Å². The number of thiazole rings is 1. The first-order valence-corrected chi connectivity index (χ1v) is 16.0. The number of amides is 2. The first-order chi connectivity index (χ1) is 21.7. The quantitative estimate of drug-likeness (QED) is 0.0394. The third-order valence-corrected chi connectivity index (χ3v) is 7.82. The van der Waals surface area contributed by atoms with E-state index < -0.39 is 46.5 Å². The predicted octanol–water partition coefficient (Wildman–Crippen LogP) is -0.412. The molecular weight excluding hydrogens is 644 g/mol. The summed E-state index contributed by atoms with van der Waals surface area (Å²) in [6, 6.07) is 9.98. The van der Waals surface area contributed by atoms with Crippen LogP contribution in [0.15, 0.2) is 53.1 Å². The lowest BCUT2D eigenvalue weighted by Crippen LogP contribution is -2.76. The van der Waals surface area contributed by atoms with Crippen LogP contribution < -0.4 is 31.4 Å². The molecule has 2 aromatic heterocycles. The highest BCUT2D eigenvalue weighted by Gasteiger charge is 2.58. The number of carbonyl (C=O) groups excluding carboxylic acids is 2. The molecule has 248 valence electrons. The summed E-state index contributed by atoms with van der Waals surface area (Å²) in [5, 5.41) is 21.4. The smallest absolute Gasteiger partial charge is 0.418 e. The summed E-state index contributed by atoms with van der Waals surface area (Å²) in [7, 11) is -3.05. The minimum absolute atomic E-state index is 0.0282. The average Bonchev–Trinajstić information content (AvgIpc) is 3.44. The van der Waals surface area contributed by atoms with Crippen LogP contribution in [0.1, 0.15) is 19.5 Å². The number of hydrogen-bond acceptors (Lipinski definition) is 14. The highest BCUT2D eigenvalue weighted by atomic mass is 32.3. The summed E-state index contributed by atoms with van der Waals surface area (Å²) in [4.78, 5) is 35.2. The largest absolute Gasteiger partial charge is 0.490 e. The summed E-state index contributed by atoms with van der Waals surface area (Å²) in [6.45, 7) is 3.33. The van der Waals surface area contributed by atoms with Crippen molar-refractivity contribution >= 4 is 50.2 Å². The Hall–Kier alpha value is -4.40. The number of β-lactam (4-membered cyclic amide) rings is 1. The lowest BCUT2D eigenvalue weighted by atomic mass is 9.84. The van der Waals surface area contributed by atoms with Crippen LogP contribution in [0.4, 0.5) is 10.9 Å². The number of nitrogens with one attached hydrogen (secondary N) is 2. The summed E-state index contributed by atoms with van der Waals surface area (Å²) in [5.74, 6) is -0.420. The number of pyridine rings is 1. The maximum atomic E-state index is 13.2. The Kier molecular flexibility index (Phi) is 10.8. The molecule has 0 aliphatic carbocycles. The third-order valence-electron chi connectivity index (χ3n) is 6.80. The molecule has 0 bridgehead atoms. The molecule has 4 rings (SSSR count). The minimum Gasteiger partial charge on any atom is -0.490 e. The van der Waals surface area contributed by atoms with Crippen LogP contribution in [0.2, 0.25) is 0 Å². The van der Waals surface area contributed by atoms with Gasteiger partial charge in [0.1, 0.15) is 24.1 Å². The number of aliphatic hydroxyl groups is 1. The molecule has 0 spiro atoms. The number of anilines is 2.